The Bertz CT molecular complexity index is 769. The minimum Gasteiger partial charge on any atom is -0.480 e. The molecule has 0 aromatic carbocycles. The van der Waals surface area contributed by atoms with Crippen LogP contribution in [0.2, 0.25) is 0 Å². The summed E-state index contributed by atoms with van der Waals surface area (Å²) < 4.78 is 23.9. The van der Waals surface area contributed by atoms with Crippen molar-refractivity contribution in [3.8, 4) is 0 Å². The van der Waals surface area contributed by atoms with Gasteiger partial charge in [-0.25, -0.2) is 9.59 Å². The zero-order valence-corrected chi connectivity index (χ0v) is 20.3. The Morgan fingerprint density at radius 1 is 1.21 bits per heavy atom. The molecule has 2 aliphatic heterocycles. The fraction of sp³-hybridized carbons (Fsp3) is 0.840. The Morgan fingerprint density at radius 3 is 2.48 bits per heavy atom. The molecule has 0 radical (unpaired) electrons. The van der Waals surface area contributed by atoms with E-state index in [1.165, 1.54) is 5.57 Å². The Hall–Kier alpha value is -1.64. The van der Waals surface area contributed by atoms with E-state index in [0.717, 1.165) is 44.9 Å². The number of ether oxygens (including phenoxy) is 4. The molecule has 2 aliphatic carbocycles. The van der Waals surface area contributed by atoms with E-state index in [9.17, 15) is 14.7 Å². The molecule has 0 aromatic heterocycles. The third-order valence-corrected chi connectivity index (χ3v) is 8.16. The van der Waals surface area contributed by atoms with Crippen LogP contribution in [-0.4, -0.2) is 66.4 Å². The van der Waals surface area contributed by atoms with Crippen LogP contribution in [0.5, 0.6) is 0 Å². The molecule has 33 heavy (non-hydrogen) atoms. The Labute approximate surface area is 196 Å². The Morgan fingerprint density at radius 2 is 1.91 bits per heavy atom. The predicted octanol–water partition coefficient (Wildman–Crippen LogP) is 3.82. The first kappa shape index (κ1) is 24.5. The summed E-state index contributed by atoms with van der Waals surface area (Å²) >= 11 is 0. The van der Waals surface area contributed by atoms with Crippen LogP contribution in [-0.2, 0) is 23.7 Å². The van der Waals surface area contributed by atoms with E-state index >= 15 is 0 Å². The van der Waals surface area contributed by atoms with Gasteiger partial charge in [0, 0.05) is 7.11 Å². The first-order valence-electron chi connectivity index (χ1n) is 12.4. The van der Waals surface area contributed by atoms with Crippen LogP contribution in [0.15, 0.2) is 11.6 Å². The van der Waals surface area contributed by atoms with Gasteiger partial charge in [-0.1, -0.05) is 30.9 Å². The van der Waals surface area contributed by atoms with E-state index < -0.39 is 29.8 Å². The smallest absolute Gasteiger partial charge is 0.408 e. The summed E-state index contributed by atoms with van der Waals surface area (Å²) in [6.07, 6.45) is 7.63. The van der Waals surface area contributed by atoms with Crippen LogP contribution in [0, 0.1) is 11.8 Å². The lowest BCUT2D eigenvalue weighted by molar-refractivity contribution is -0.141. The number of carboxylic acid groups (broad SMARTS) is 1. The highest BCUT2D eigenvalue weighted by Gasteiger charge is 2.72. The summed E-state index contributed by atoms with van der Waals surface area (Å²) in [5.41, 5.74) is 0.547. The summed E-state index contributed by atoms with van der Waals surface area (Å²) in [6, 6.07) is -0.922. The van der Waals surface area contributed by atoms with E-state index in [4.69, 9.17) is 18.9 Å². The monoisotopic (exact) mass is 465 g/mol. The highest BCUT2D eigenvalue weighted by molar-refractivity contribution is 5.80. The topological polar surface area (TPSA) is 110 Å². The molecule has 2 N–H and O–H groups in total. The number of methoxy groups -OCH3 is 1. The van der Waals surface area contributed by atoms with Gasteiger partial charge in [-0.15, -0.1) is 0 Å². The molecule has 2 heterocycles. The van der Waals surface area contributed by atoms with Gasteiger partial charge >= 0.3 is 12.1 Å². The first-order valence-corrected chi connectivity index (χ1v) is 12.4. The lowest BCUT2D eigenvalue weighted by atomic mass is 9.68. The molecule has 4 aliphatic rings. The molecule has 1 amide bonds. The molecule has 4 rings (SSSR count). The van der Waals surface area contributed by atoms with Gasteiger partial charge in [0.25, 0.3) is 0 Å². The van der Waals surface area contributed by atoms with Crippen molar-refractivity contribution in [3.63, 3.8) is 0 Å². The van der Waals surface area contributed by atoms with Crippen molar-refractivity contribution in [1.29, 1.82) is 0 Å². The molecule has 4 fully saturated rings. The van der Waals surface area contributed by atoms with Gasteiger partial charge in [-0.2, -0.15) is 0 Å². The number of amides is 1. The molecule has 0 bridgehead atoms. The fourth-order valence-corrected chi connectivity index (χ4v) is 6.22. The number of alkyl carbamates (subject to hydrolysis) is 1. The largest absolute Gasteiger partial charge is 0.480 e. The molecule has 7 atom stereocenters. The highest BCUT2D eigenvalue weighted by Crippen LogP contribution is 2.59. The average Bonchev–Trinajstić information content (AvgIpc) is 3.69. The molecule has 2 saturated carbocycles. The van der Waals surface area contributed by atoms with Crippen LogP contribution < -0.4 is 5.32 Å². The maximum absolute atomic E-state index is 12.8. The van der Waals surface area contributed by atoms with Crippen molar-refractivity contribution in [2.24, 2.45) is 11.8 Å². The van der Waals surface area contributed by atoms with Gasteiger partial charge < -0.3 is 29.4 Å². The molecular formula is C25H39NO7. The minimum atomic E-state index is -1.00. The van der Waals surface area contributed by atoms with Gasteiger partial charge in [0.1, 0.15) is 29.5 Å². The number of rotatable bonds is 8. The summed E-state index contributed by atoms with van der Waals surface area (Å²) in [5.74, 6) is -1.13. The lowest BCUT2D eigenvalue weighted by Gasteiger charge is -2.42. The van der Waals surface area contributed by atoms with Gasteiger partial charge in [0.15, 0.2) is 0 Å². The number of carboxylic acids is 1. The molecule has 2 saturated heterocycles. The summed E-state index contributed by atoms with van der Waals surface area (Å²) in [6.45, 7) is 6.91. The maximum Gasteiger partial charge on any atom is 0.408 e. The number of allylic oxidation sites excluding steroid dienone is 1. The summed E-state index contributed by atoms with van der Waals surface area (Å²) in [4.78, 5) is 24.6. The lowest BCUT2D eigenvalue weighted by Crippen LogP contribution is -2.56. The number of carbonyl (C=O) groups is 2. The Kier molecular flexibility index (Phi) is 7.08. The number of hydrogen-bond donors (Lipinski definition) is 2. The molecule has 0 aromatic rings. The molecular weight excluding hydrogens is 426 g/mol. The number of epoxide rings is 2. The zero-order chi connectivity index (χ0) is 23.8. The van der Waals surface area contributed by atoms with Crippen molar-refractivity contribution < 1.29 is 33.6 Å². The third kappa shape index (κ3) is 5.08. The second-order valence-electron chi connectivity index (χ2n) is 10.7. The van der Waals surface area contributed by atoms with Gasteiger partial charge in [0.05, 0.1) is 18.6 Å². The Balaban J connectivity index is 1.43. The number of aliphatic carboxylic acids is 1. The highest BCUT2D eigenvalue weighted by atomic mass is 16.6. The number of carbonyl (C=O) groups excluding carboxylic acids is 1. The predicted molar refractivity (Wildman–Crippen MR) is 121 cm³/mol. The van der Waals surface area contributed by atoms with Gasteiger partial charge in [0.2, 0.25) is 0 Å². The number of nitrogens with one attached hydrogen (secondary N) is 1. The van der Waals surface area contributed by atoms with Crippen molar-refractivity contribution in [2.75, 3.05) is 13.7 Å². The molecule has 1 unspecified atom stereocenters. The van der Waals surface area contributed by atoms with Crippen LogP contribution in [0.4, 0.5) is 4.79 Å². The number of hydrogen-bond acceptors (Lipinski definition) is 6. The first-order chi connectivity index (χ1) is 15.7. The second-order valence-corrected chi connectivity index (χ2v) is 10.7. The van der Waals surface area contributed by atoms with Crippen molar-refractivity contribution >= 4 is 12.1 Å². The van der Waals surface area contributed by atoms with Crippen molar-refractivity contribution in [2.45, 2.75) is 108 Å². The maximum atomic E-state index is 12.8. The van der Waals surface area contributed by atoms with Crippen LogP contribution in [0.1, 0.15) is 72.1 Å². The fourth-order valence-electron chi connectivity index (χ4n) is 6.22. The minimum absolute atomic E-state index is 0.0566. The summed E-state index contributed by atoms with van der Waals surface area (Å²) in [5, 5.41) is 12.3. The molecule has 1 spiro atoms. The van der Waals surface area contributed by atoms with Gasteiger partial charge in [-0.3, -0.25) is 0 Å². The van der Waals surface area contributed by atoms with Crippen LogP contribution in [0.3, 0.4) is 0 Å². The van der Waals surface area contributed by atoms with Crippen molar-refractivity contribution in [1.82, 2.24) is 5.32 Å². The normalized spacial score (nSPS) is 38.9. The van der Waals surface area contributed by atoms with Gasteiger partial charge in [-0.05, 0) is 58.8 Å². The van der Waals surface area contributed by atoms with Crippen LogP contribution >= 0.6 is 0 Å². The van der Waals surface area contributed by atoms with E-state index in [1.54, 1.807) is 7.11 Å². The van der Waals surface area contributed by atoms with Crippen LogP contribution in [0.25, 0.3) is 0 Å². The standard InChI is InChI=1S/C25H39NO7/c1-15(2)10-11-18-24(3,33-18)21-20(30-4)17(12-13-25(21)14-31-25)32-23(29)26-19(22(27)28)16-8-6-5-7-9-16/h10,16-21H,5-9,11-14H2,1-4H3,(H,26,29)(H,27,28)/t17-,18-,19?,20-,21-,24+,25+/m1/s1. The second kappa shape index (κ2) is 9.55. The average molecular weight is 466 g/mol. The van der Waals surface area contributed by atoms with E-state index in [2.05, 4.69) is 32.2 Å². The van der Waals surface area contributed by atoms with E-state index in [0.29, 0.717) is 13.0 Å². The SMILES string of the molecule is CO[C@@H]1[C@H](OC(=O)NC(C(=O)O)C2CCCCC2)CC[C@]2(CO2)[C@H]1[C@@]1(C)O[C@@H]1CC=C(C)C. The third-order valence-electron chi connectivity index (χ3n) is 8.16. The molecule has 8 nitrogen and oxygen atoms in total. The zero-order valence-electron chi connectivity index (χ0n) is 20.3. The summed E-state index contributed by atoms with van der Waals surface area (Å²) in [7, 11) is 1.63. The van der Waals surface area contributed by atoms with E-state index in [1.807, 2.05) is 0 Å². The molecule has 186 valence electrons. The molecule has 8 heteroatoms. The van der Waals surface area contributed by atoms with Crippen molar-refractivity contribution in [3.05, 3.63) is 11.6 Å². The quantitative estimate of drug-likeness (QED) is 0.414. The van der Waals surface area contributed by atoms with E-state index in [-0.39, 0.29) is 29.6 Å².